The van der Waals surface area contributed by atoms with E-state index in [2.05, 4.69) is 16.6 Å². The Morgan fingerprint density at radius 1 is 1.53 bits per heavy atom. The Morgan fingerprint density at radius 2 is 2.24 bits per heavy atom. The van der Waals surface area contributed by atoms with Crippen LogP contribution in [0.5, 0.6) is 0 Å². The molecule has 1 heterocycles. The average Bonchev–Trinajstić information content (AvgIpc) is 2.30. The van der Waals surface area contributed by atoms with Crippen molar-refractivity contribution in [2.45, 2.75) is 57.6 Å². The van der Waals surface area contributed by atoms with Crippen LogP contribution in [0.4, 0.5) is 0 Å². The Balaban J connectivity index is 2.60. The lowest BCUT2D eigenvalue weighted by Crippen LogP contribution is -2.52. The van der Waals surface area contributed by atoms with Crippen LogP contribution in [-0.4, -0.2) is 47.8 Å². The number of carbonyl (C=O) groups is 1. The Morgan fingerprint density at radius 3 is 2.82 bits per heavy atom. The number of hydrogen-bond donors (Lipinski definition) is 1. The van der Waals surface area contributed by atoms with Gasteiger partial charge in [-0.25, -0.2) is 4.79 Å². The molecule has 2 atom stereocenters. The lowest BCUT2D eigenvalue weighted by Gasteiger charge is -2.38. The van der Waals surface area contributed by atoms with Gasteiger partial charge in [0.05, 0.1) is 7.11 Å². The van der Waals surface area contributed by atoms with Gasteiger partial charge in [-0.15, -0.1) is 0 Å². The Labute approximate surface area is 104 Å². The number of methoxy groups -OCH3 is 1. The van der Waals surface area contributed by atoms with Crippen molar-refractivity contribution in [2.75, 3.05) is 20.2 Å². The number of esters is 1. The van der Waals surface area contributed by atoms with Crippen molar-refractivity contribution in [3.05, 3.63) is 0 Å². The van der Waals surface area contributed by atoms with Gasteiger partial charge in [0.1, 0.15) is 0 Å². The molecule has 0 spiro atoms. The van der Waals surface area contributed by atoms with Crippen molar-refractivity contribution in [2.24, 2.45) is 0 Å². The summed E-state index contributed by atoms with van der Waals surface area (Å²) in [6, 6.07) is 0.505. The van der Waals surface area contributed by atoms with E-state index in [9.17, 15) is 9.90 Å². The SMILES string of the molecule is CCCC1CCCCN1CC(C)(O)C(=O)OC. The van der Waals surface area contributed by atoms with Crippen LogP contribution < -0.4 is 0 Å². The van der Waals surface area contributed by atoms with E-state index >= 15 is 0 Å². The third-order valence-corrected chi connectivity index (χ3v) is 3.51. The highest BCUT2D eigenvalue weighted by molar-refractivity contribution is 5.78. The molecule has 1 saturated heterocycles. The van der Waals surface area contributed by atoms with E-state index in [-0.39, 0.29) is 0 Å². The molecule has 0 aromatic rings. The molecule has 0 bridgehead atoms. The molecule has 0 aromatic carbocycles. The minimum atomic E-state index is -1.39. The van der Waals surface area contributed by atoms with E-state index in [0.717, 1.165) is 25.8 Å². The monoisotopic (exact) mass is 243 g/mol. The summed E-state index contributed by atoms with van der Waals surface area (Å²) in [6.45, 7) is 5.06. The Bertz CT molecular complexity index is 251. The molecule has 0 aliphatic carbocycles. The first-order chi connectivity index (χ1) is 8.01. The summed E-state index contributed by atoms with van der Waals surface area (Å²) in [4.78, 5) is 13.7. The smallest absolute Gasteiger partial charge is 0.338 e. The second kappa shape index (κ2) is 6.36. The molecule has 100 valence electrons. The van der Waals surface area contributed by atoms with Gasteiger partial charge in [0.25, 0.3) is 0 Å². The molecule has 1 N–H and O–H groups in total. The van der Waals surface area contributed by atoms with Crippen molar-refractivity contribution in [1.29, 1.82) is 0 Å². The van der Waals surface area contributed by atoms with Gasteiger partial charge >= 0.3 is 5.97 Å². The summed E-state index contributed by atoms with van der Waals surface area (Å²) in [6.07, 6.45) is 5.85. The van der Waals surface area contributed by atoms with Crippen LogP contribution in [-0.2, 0) is 9.53 Å². The van der Waals surface area contributed by atoms with Gasteiger partial charge in [-0.3, -0.25) is 4.90 Å². The average molecular weight is 243 g/mol. The second-order valence-corrected chi connectivity index (χ2v) is 5.17. The van der Waals surface area contributed by atoms with Crippen LogP contribution in [0.3, 0.4) is 0 Å². The van der Waals surface area contributed by atoms with Gasteiger partial charge in [-0.05, 0) is 32.7 Å². The first kappa shape index (κ1) is 14.5. The second-order valence-electron chi connectivity index (χ2n) is 5.17. The lowest BCUT2D eigenvalue weighted by molar-refractivity contribution is -0.163. The highest BCUT2D eigenvalue weighted by atomic mass is 16.5. The fraction of sp³-hybridized carbons (Fsp3) is 0.923. The zero-order valence-corrected chi connectivity index (χ0v) is 11.2. The molecule has 1 rings (SSSR count). The van der Waals surface area contributed by atoms with Crippen LogP contribution in [0.1, 0.15) is 46.0 Å². The standard InChI is InChI=1S/C13H25NO3/c1-4-7-11-8-5-6-9-14(11)10-13(2,16)12(15)17-3/h11,16H,4-10H2,1-3H3. The van der Waals surface area contributed by atoms with Gasteiger partial charge < -0.3 is 9.84 Å². The number of hydrogen-bond acceptors (Lipinski definition) is 4. The molecule has 17 heavy (non-hydrogen) atoms. The summed E-state index contributed by atoms with van der Waals surface area (Å²) in [5.41, 5.74) is -1.39. The summed E-state index contributed by atoms with van der Waals surface area (Å²) in [5.74, 6) is -0.543. The third kappa shape index (κ3) is 3.96. The van der Waals surface area contributed by atoms with Gasteiger partial charge in [-0.1, -0.05) is 19.8 Å². The molecule has 4 heteroatoms. The van der Waals surface area contributed by atoms with E-state index in [1.54, 1.807) is 0 Å². The highest BCUT2D eigenvalue weighted by Gasteiger charge is 2.36. The van der Waals surface area contributed by atoms with E-state index in [0.29, 0.717) is 12.6 Å². The summed E-state index contributed by atoms with van der Waals surface area (Å²) in [7, 11) is 1.32. The molecule has 0 saturated carbocycles. The lowest BCUT2D eigenvalue weighted by atomic mass is 9.95. The molecule has 2 unspecified atom stereocenters. The molecule has 1 fully saturated rings. The maximum Gasteiger partial charge on any atom is 0.338 e. The molecule has 0 radical (unpaired) electrons. The fourth-order valence-electron chi connectivity index (χ4n) is 2.61. The topological polar surface area (TPSA) is 49.8 Å². The first-order valence-corrected chi connectivity index (χ1v) is 6.56. The predicted molar refractivity (Wildman–Crippen MR) is 66.8 cm³/mol. The third-order valence-electron chi connectivity index (χ3n) is 3.51. The number of nitrogens with zero attached hydrogens (tertiary/aromatic N) is 1. The molecule has 1 aliphatic heterocycles. The first-order valence-electron chi connectivity index (χ1n) is 6.56. The minimum absolute atomic E-state index is 0.379. The molecular weight excluding hydrogens is 218 g/mol. The van der Waals surface area contributed by atoms with Crippen LogP contribution in [0.15, 0.2) is 0 Å². The molecule has 0 amide bonds. The van der Waals surface area contributed by atoms with E-state index in [1.165, 1.54) is 26.9 Å². The Hall–Kier alpha value is -0.610. The number of aliphatic hydroxyl groups is 1. The largest absolute Gasteiger partial charge is 0.467 e. The van der Waals surface area contributed by atoms with Gasteiger partial charge in [0.2, 0.25) is 0 Å². The van der Waals surface area contributed by atoms with Crippen molar-refractivity contribution in [1.82, 2.24) is 4.90 Å². The van der Waals surface area contributed by atoms with Crippen molar-refractivity contribution >= 4 is 5.97 Å². The number of rotatable bonds is 5. The molecule has 1 aliphatic rings. The fourth-order valence-corrected chi connectivity index (χ4v) is 2.61. The summed E-state index contributed by atoms with van der Waals surface area (Å²) < 4.78 is 4.64. The van der Waals surface area contributed by atoms with Gasteiger partial charge in [-0.2, -0.15) is 0 Å². The number of ether oxygens (including phenoxy) is 1. The van der Waals surface area contributed by atoms with Crippen LogP contribution in [0.25, 0.3) is 0 Å². The molecular formula is C13H25NO3. The van der Waals surface area contributed by atoms with Crippen LogP contribution in [0.2, 0.25) is 0 Å². The van der Waals surface area contributed by atoms with Crippen LogP contribution in [0, 0.1) is 0 Å². The number of carbonyl (C=O) groups excluding carboxylic acids is 1. The number of likely N-dealkylation sites (tertiary alicyclic amines) is 1. The highest BCUT2D eigenvalue weighted by Crippen LogP contribution is 2.23. The quantitative estimate of drug-likeness (QED) is 0.745. The van der Waals surface area contributed by atoms with Gasteiger partial charge in [0.15, 0.2) is 5.60 Å². The minimum Gasteiger partial charge on any atom is -0.467 e. The summed E-state index contributed by atoms with van der Waals surface area (Å²) >= 11 is 0. The zero-order chi connectivity index (χ0) is 12.9. The van der Waals surface area contributed by atoms with Gasteiger partial charge in [0, 0.05) is 12.6 Å². The van der Waals surface area contributed by atoms with Crippen LogP contribution >= 0.6 is 0 Å². The predicted octanol–water partition coefficient (Wildman–Crippen LogP) is 1.56. The van der Waals surface area contributed by atoms with Crippen molar-refractivity contribution in [3.8, 4) is 0 Å². The number of β-amino-alcohol motifs (C(OH)–C–C–N with tert-alkyl or cyclic N) is 1. The molecule has 0 aromatic heterocycles. The van der Waals surface area contributed by atoms with Crippen molar-refractivity contribution in [3.63, 3.8) is 0 Å². The maximum atomic E-state index is 11.5. The van der Waals surface area contributed by atoms with E-state index in [4.69, 9.17) is 0 Å². The number of piperidine rings is 1. The molecule has 4 nitrogen and oxygen atoms in total. The Kier molecular flexibility index (Phi) is 5.40. The van der Waals surface area contributed by atoms with E-state index < -0.39 is 11.6 Å². The maximum absolute atomic E-state index is 11.5. The summed E-state index contributed by atoms with van der Waals surface area (Å²) in [5, 5.41) is 10.1. The zero-order valence-electron chi connectivity index (χ0n) is 11.2. The van der Waals surface area contributed by atoms with Crippen molar-refractivity contribution < 1.29 is 14.6 Å². The normalized spacial score (nSPS) is 25.3. The van der Waals surface area contributed by atoms with E-state index in [1.807, 2.05) is 0 Å².